The second kappa shape index (κ2) is 6.75. The molecular weight excluding hydrogens is 274 g/mol. The van der Waals surface area contributed by atoms with Crippen molar-refractivity contribution in [1.82, 2.24) is 0 Å². The molecule has 0 bridgehead atoms. The van der Waals surface area contributed by atoms with Crippen LogP contribution in [0.25, 0.3) is 0 Å². The summed E-state index contributed by atoms with van der Waals surface area (Å²) in [5.74, 6) is -0.0649. The van der Waals surface area contributed by atoms with E-state index in [1.807, 2.05) is 0 Å². The number of unbranched alkanes of at least 4 members (excludes halogenated alkanes) is 2. The van der Waals surface area contributed by atoms with E-state index in [1.54, 1.807) is 0 Å². The lowest BCUT2D eigenvalue weighted by molar-refractivity contribution is -0.116. The van der Waals surface area contributed by atoms with Crippen molar-refractivity contribution in [2.45, 2.75) is 37.5 Å². The first-order valence-corrected chi connectivity index (χ1v) is 8.09. The van der Waals surface area contributed by atoms with Gasteiger partial charge in [-0.15, -0.1) is 0 Å². The molecule has 0 fully saturated rings. The molecule has 100 valence electrons. The minimum Gasteiger partial charge on any atom is -0.326 e. The number of rotatable bonds is 6. The molecule has 0 heterocycles. The number of anilines is 1. The van der Waals surface area contributed by atoms with Crippen LogP contribution in [0.15, 0.2) is 29.2 Å². The summed E-state index contributed by atoms with van der Waals surface area (Å²) < 4.78 is 22.0. The molecular formula is C12H16ClNO3S. The van der Waals surface area contributed by atoms with Gasteiger partial charge in [-0.2, -0.15) is 0 Å². The lowest BCUT2D eigenvalue weighted by atomic mass is 10.2. The molecule has 4 nitrogen and oxygen atoms in total. The van der Waals surface area contributed by atoms with E-state index in [2.05, 4.69) is 12.2 Å². The number of carbonyl (C=O) groups excluding carboxylic acids is 1. The predicted octanol–water partition coefficient (Wildman–Crippen LogP) is 3.13. The van der Waals surface area contributed by atoms with Gasteiger partial charge in [0.1, 0.15) is 0 Å². The number of benzene rings is 1. The molecule has 1 aromatic rings. The molecule has 0 saturated carbocycles. The van der Waals surface area contributed by atoms with Gasteiger partial charge in [0.15, 0.2) is 0 Å². The molecule has 0 aliphatic carbocycles. The third-order valence-electron chi connectivity index (χ3n) is 2.43. The number of hydrogen-bond acceptors (Lipinski definition) is 3. The van der Waals surface area contributed by atoms with E-state index in [-0.39, 0.29) is 10.8 Å². The van der Waals surface area contributed by atoms with Gasteiger partial charge in [0.25, 0.3) is 9.05 Å². The van der Waals surface area contributed by atoms with E-state index in [9.17, 15) is 13.2 Å². The lowest BCUT2D eigenvalue weighted by Gasteiger charge is -2.05. The van der Waals surface area contributed by atoms with Crippen molar-refractivity contribution in [2.24, 2.45) is 0 Å². The van der Waals surface area contributed by atoms with Gasteiger partial charge in [-0.3, -0.25) is 4.79 Å². The monoisotopic (exact) mass is 289 g/mol. The summed E-state index contributed by atoms with van der Waals surface area (Å²) in [7, 11) is 1.48. The molecule has 1 rings (SSSR count). The Bertz CT molecular complexity index is 497. The van der Waals surface area contributed by atoms with Crippen molar-refractivity contribution in [3.63, 3.8) is 0 Å². The molecule has 1 amide bonds. The first-order valence-electron chi connectivity index (χ1n) is 5.78. The van der Waals surface area contributed by atoms with E-state index >= 15 is 0 Å². The Morgan fingerprint density at radius 1 is 1.22 bits per heavy atom. The predicted molar refractivity (Wildman–Crippen MR) is 72.3 cm³/mol. The average Bonchev–Trinajstić information content (AvgIpc) is 2.29. The Morgan fingerprint density at radius 3 is 2.33 bits per heavy atom. The third-order valence-corrected chi connectivity index (χ3v) is 3.80. The Kier molecular flexibility index (Phi) is 5.62. The molecule has 0 saturated heterocycles. The quantitative estimate of drug-likeness (QED) is 0.646. The van der Waals surface area contributed by atoms with Crippen molar-refractivity contribution in [3.8, 4) is 0 Å². The van der Waals surface area contributed by atoms with Gasteiger partial charge >= 0.3 is 0 Å². The SMILES string of the molecule is CCCCCC(=O)Nc1ccc(S(=O)(=O)Cl)cc1. The molecule has 1 N–H and O–H groups in total. The molecule has 0 radical (unpaired) electrons. The first-order chi connectivity index (χ1) is 8.43. The van der Waals surface area contributed by atoms with Crippen molar-refractivity contribution in [2.75, 3.05) is 5.32 Å². The molecule has 0 aromatic heterocycles. The van der Waals surface area contributed by atoms with Crippen LogP contribution in [0.2, 0.25) is 0 Å². The molecule has 0 spiro atoms. The van der Waals surface area contributed by atoms with E-state index in [0.717, 1.165) is 19.3 Å². The minimum atomic E-state index is -3.71. The molecule has 0 atom stereocenters. The van der Waals surface area contributed by atoms with Gasteiger partial charge in [0.2, 0.25) is 5.91 Å². The van der Waals surface area contributed by atoms with Crippen molar-refractivity contribution in [3.05, 3.63) is 24.3 Å². The summed E-state index contributed by atoms with van der Waals surface area (Å²) in [6.45, 7) is 2.07. The zero-order valence-corrected chi connectivity index (χ0v) is 11.7. The summed E-state index contributed by atoms with van der Waals surface area (Å²) >= 11 is 0. The maximum Gasteiger partial charge on any atom is 0.261 e. The molecule has 1 aromatic carbocycles. The third kappa shape index (κ3) is 5.06. The van der Waals surface area contributed by atoms with E-state index in [1.165, 1.54) is 24.3 Å². The summed E-state index contributed by atoms with van der Waals surface area (Å²) in [5, 5.41) is 2.70. The molecule has 0 aliphatic rings. The van der Waals surface area contributed by atoms with Gasteiger partial charge in [-0.1, -0.05) is 19.8 Å². The summed E-state index contributed by atoms with van der Waals surface area (Å²) in [6.07, 6.45) is 3.42. The highest BCUT2D eigenvalue weighted by Gasteiger charge is 2.09. The molecule has 0 aliphatic heterocycles. The summed E-state index contributed by atoms with van der Waals surface area (Å²) in [5.41, 5.74) is 0.570. The Hall–Kier alpha value is -1.07. The van der Waals surface area contributed by atoms with Crippen LogP contribution in [0.4, 0.5) is 5.69 Å². The number of nitrogens with one attached hydrogen (secondary N) is 1. The van der Waals surface area contributed by atoms with Crippen molar-refractivity contribution in [1.29, 1.82) is 0 Å². The smallest absolute Gasteiger partial charge is 0.261 e. The fourth-order valence-electron chi connectivity index (χ4n) is 1.46. The normalized spacial score (nSPS) is 11.2. The number of carbonyl (C=O) groups is 1. The number of amides is 1. The van der Waals surface area contributed by atoms with Gasteiger partial charge in [0, 0.05) is 22.8 Å². The largest absolute Gasteiger partial charge is 0.326 e. The second-order valence-corrected chi connectivity index (χ2v) is 6.53. The lowest BCUT2D eigenvalue weighted by Crippen LogP contribution is -2.10. The highest BCUT2D eigenvalue weighted by atomic mass is 35.7. The van der Waals surface area contributed by atoms with Gasteiger partial charge in [-0.05, 0) is 30.7 Å². The van der Waals surface area contributed by atoms with Crippen LogP contribution in [-0.2, 0) is 13.8 Å². The summed E-state index contributed by atoms with van der Waals surface area (Å²) in [4.78, 5) is 11.5. The van der Waals surface area contributed by atoms with Crippen molar-refractivity contribution < 1.29 is 13.2 Å². The maximum atomic E-state index is 11.5. The number of halogens is 1. The van der Waals surface area contributed by atoms with Gasteiger partial charge in [-0.25, -0.2) is 8.42 Å². The van der Waals surface area contributed by atoms with E-state index < -0.39 is 9.05 Å². The highest BCUT2D eigenvalue weighted by Crippen LogP contribution is 2.17. The van der Waals surface area contributed by atoms with Gasteiger partial charge < -0.3 is 5.32 Å². The van der Waals surface area contributed by atoms with E-state index in [4.69, 9.17) is 10.7 Å². The fraction of sp³-hybridized carbons (Fsp3) is 0.417. The molecule has 6 heteroatoms. The van der Waals surface area contributed by atoms with Crippen LogP contribution in [-0.4, -0.2) is 14.3 Å². The second-order valence-electron chi connectivity index (χ2n) is 3.97. The van der Waals surface area contributed by atoms with Gasteiger partial charge in [0.05, 0.1) is 4.90 Å². The minimum absolute atomic E-state index is 0.0214. The Labute approximate surface area is 112 Å². The Morgan fingerprint density at radius 2 is 1.83 bits per heavy atom. The molecule has 18 heavy (non-hydrogen) atoms. The van der Waals surface area contributed by atoms with Crippen LogP contribution in [0.5, 0.6) is 0 Å². The van der Waals surface area contributed by atoms with E-state index in [0.29, 0.717) is 12.1 Å². The zero-order valence-electron chi connectivity index (χ0n) is 10.1. The zero-order chi connectivity index (χ0) is 13.6. The van der Waals surface area contributed by atoms with Crippen LogP contribution >= 0.6 is 10.7 Å². The van der Waals surface area contributed by atoms with Crippen LogP contribution in [0.3, 0.4) is 0 Å². The van der Waals surface area contributed by atoms with Crippen molar-refractivity contribution >= 4 is 31.3 Å². The summed E-state index contributed by atoms with van der Waals surface area (Å²) in [6, 6.07) is 5.77. The first kappa shape index (κ1) is 15.0. The van der Waals surface area contributed by atoms with Crippen LogP contribution in [0, 0.1) is 0 Å². The topological polar surface area (TPSA) is 63.2 Å². The van der Waals surface area contributed by atoms with Crippen LogP contribution in [0.1, 0.15) is 32.6 Å². The number of hydrogen-bond donors (Lipinski definition) is 1. The fourth-order valence-corrected chi connectivity index (χ4v) is 2.23. The maximum absolute atomic E-state index is 11.5. The standard InChI is InChI=1S/C12H16ClNO3S/c1-2-3-4-5-12(15)14-10-6-8-11(9-7-10)18(13,16)17/h6-9H,2-5H2,1H3,(H,14,15). The van der Waals surface area contributed by atoms with Crippen LogP contribution < -0.4 is 5.32 Å². The Balaban J connectivity index is 2.56. The highest BCUT2D eigenvalue weighted by molar-refractivity contribution is 8.13. The molecule has 0 unspecified atom stereocenters. The average molecular weight is 290 g/mol.